The molecular weight excluding hydrogens is 350 g/mol. The van der Waals surface area contributed by atoms with Crippen molar-refractivity contribution in [3.63, 3.8) is 0 Å². The quantitative estimate of drug-likeness (QED) is 0.893. The molecule has 1 aliphatic heterocycles. The molecule has 1 aromatic heterocycles. The van der Waals surface area contributed by atoms with E-state index in [0.717, 1.165) is 23.7 Å². The molecule has 0 bridgehead atoms. The SMILES string of the molecule is CS(=O)(=O)N1CCCC(NC(=O)Cn2ccc3ccc(Cl)cc32)C1. The average Bonchev–Trinajstić information content (AvgIpc) is 2.89. The van der Waals surface area contributed by atoms with Crippen LogP contribution < -0.4 is 5.32 Å². The smallest absolute Gasteiger partial charge is 0.240 e. The molecule has 24 heavy (non-hydrogen) atoms. The van der Waals surface area contributed by atoms with Crippen LogP contribution in [-0.4, -0.2) is 48.6 Å². The lowest BCUT2D eigenvalue weighted by atomic mass is 10.1. The summed E-state index contributed by atoms with van der Waals surface area (Å²) in [6.45, 7) is 1.04. The lowest BCUT2D eigenvalue weighted by Gasteiger charge is -2.31. The molecule has 1 unspecified atom stereocenters. The summed E-state index contributed by atoms with van der Waals surface area (Å²) in [5.74, 6) is -0.132. The maximum Gasteiger partial charge on any atom is 0.240 e. The molecule has 130 valence electrons. The molecular formula is C16H20ClN3O3S. The predicted octanol–water partition coefficient (Wildman–Crippen LogP) is 1.83. The fraction of sp³-hybridized carbons (Fsp3) is 0.438. The topological polar surface area (TPSA) is 71.4 Å². The Morgan fingerprint density at radius 2 is 2.17 bits per heavy atom. The highest BCUT2D eigenvalue weighted by molar-refractivity contribution is 7.88. The number of fused-ring (bicyclic) bond motifs is 1. The van der Waals surface area contributed by atoms with E-state index in [1.165, 1.54) is 10.6 Å². The summed E-state index contributed by atoms with van der Waals surface area (Å²) in [7, 11) is -3.22. The fourth-order valence-corrected chi connectivity index (χ4v) is 4.16. The monoisotopic (exact) mass is 369 g/mol. The zero-order chi connectivity index (χ0) is 17.3. The summed E-state index contributed by atoms with van der Waals surface area (Å²) in [4.78, 5) is 12.3. The van der Waals surface area contributed by atoms with Crippen molar-refractivity contribution in [2.45, 2.75) is 25.4 Å². The standard InChI is InChI=1S/C16H20ClN3O3S/c1-24(22,23)20-7-2-3-14(10-20)18-16(21)11-19-8-6-12-4-5-13(17)9-15(12)19/h4-6,8-9,14H,2-3,7,10-11H2,1H3,(H,18,21). The molecule has 1 saturated heterocycles. The van der Waals surface area contributed by atoms with Gasteiger partial charge in [0, 0.05) is 35.9 Å². The number of carbonyl (C=O) groups is 1. The van der Waals surface area contributed by atoms with Crippen molar-refractivity contribution in [2.75, 3.05) is 19.3 Å². The molecule has 8 heteroatoms. The van der Waals surface area contributed by atoms with Gasteiger partial charge in [0.25, 0.3) is 0 Å². The zero-order valence-electron chi connectivity index (χ0n) is 13.4. The number of amides is 1. The minimum Gasteiger partial charge on any atom is -0.350 e. The van der Waals surface area contributed by atoms with Gasteiger partial charge in [-0.2, -0.15) is 0 Å². The first kappa shape index (κ1) is 17.3. The second-order valence-corrected chi connectivity index (χ2v) is 8.59. The Balaban J connectivity index is 1.66. The molecule has 1 aliphatic rings. The van der Waals surface area contributed by atoms with Gasteiger partial charge in [0.05, 0.1) is 6.26 Å². The molecule has 3 rings (SSSR count). The Labute approximate surface area is 146 Å². The van der Waals surface area contributed by atoms with Crippen molar-refractivity contribution in [1.82, 2.24) is 14.2 Å². The number of piperidine rings is 1. The molecule has 0 aliphatic carbocycles. The van der Waals surface area contributed by atoms with Crippen molar-refractivity contribution in [3.05, 3.63) is 35.5 Å². The fourth-order valence-electron chi connectivity index (χ4n) is 3.08. The van der Waals surface area contributed by atoms with Crippen LogP contribution >= 0.6 is 11.6 Å². The molecule has 1 amide bonds. The van der Waals surface area contributed by atoms with Crippen LogP contribution in [0.1, 0.15) is 12.8 Å². The highest BCUT2D eigenvalue weighted by Crippen LogP contribution is 2.20. The molecule has 0 spiro atoms. The summed E-state index contributed by atoms with van der Waals surface area (Å²) in [5, 5.41) is 4.59. The Kier molecular flexibility index (Phi) is 4.85. The highest BCUT2D eigenvalue weighted by Gasteiger charge is 2.26. The normalized spacial score (nSPS) is 19.5. The first-order chi connectivity index (χ1) is 11.3. The van der Waals surface area contributed by atoms with E-state index >= 15 is 0 Å². The van der Waals surface area contributed by atoms with Crippen molar-refractivity contribution in [1.29, 1.82) is 0 Å². The maximum absolute atomic E-state index is 12.3. The van der Waals surface area contributed by atoms with Gasteiger partial charge in [0.15, 0.2) is 0 Å². The van der Waals surface area contributed by atoms with Gasteiger partial charge in [-0.3, -0.25) is 4.79 Å². The van der Waals surface area contributed by atoms with Crippen LogP contribution in [0.5, 0.6) is 0 Å². The van der Waals surface area contributed by atoms with E-state index in [-0.39, 0.29) is 18.5 Å². The minimum atomic E-state index is -3.22. The molecule has 1 atom stereocenters. The Morgan fingerprint density at radius 3 is 2.92 bits per heavy atom. The van der Waals surface area contributed by atoms with Gasteiger partial charge in [0.2, 0.25) is 15.9 Å². The van der Waals surface area contributed by atoms with Gasteiger partial charge in [-0.1, -0.05) is 17.7 Å². The molecule has 0 saturated carbocycles. The van der Waals surface area contributed by atoms with E-state index in [0.29, 0.717) is 18.1 Å². The number of hydrogen-bond acceptors (Lipinski definition) is 3. The first-order valence-electron chi connectivity index (χ1n) is 7.82. The lowest BCUT2D eigenvalue weighted by molar-refractivity contribution is -0.122. The largest absolute Gasteiger partial charge is 0.350 e. The Morgan fingerprint density at radius 1 is 1.38 bits per heavy atom. The maximum atomic E-state index is 12.3. The van der Waals surface area contributed by atoms with Gasteiger partial charge in [-0.05, 0) is 36.4 Å². The number of carbonyl (C=O) groups excluding carboxylic acids is 1. The second kappa shape index (κ2) is 6.74. The van der Waals surface area contributed by atoms with Crippen molar-refractivity contribution >= 4 is 38.4 Å². The molecule has 6 nitrogen and oxygen atoms in total. The number of rotatable bonds is 4. The number of halogens is 1. The van der Waals surface area contributed by atoms with Crippen molar-refractivity contribution < 1.29 is 13.2 Å². The molecule has 0 radical (unpaired) electrons. The Hall–Kier alpha value is -1.57. The van der Waals surface area contributed by atoms with Gasteiger partial charge in [0.1, 0.15) is 6.54 Å². The van der Waals surface area contributed by atoms with Crippen molar-refractivity contribution in [3.8, 4) is 0 Å². The third-order valence-corrected chi connectivity index (χ3v) is 5.77. The van der Waals surface area contributed by atoms with E-state index in [2.05, 4.69) is 5.32 Å². The molecule has 1 N–H and O–H groups in total. The molecule has 1 fully saturated rings. The van der Waals surface area contributed by atoms with E-state index < -0.39 is 10.0 Å². The van der Waals surface area contributed by atoms with Crippen LogP contribution in [0.4, 0.5) is 0 Å². The Bertz CT molecular complexity index is 863. The summed E-state index contributed by atoms with van der Waals surface area (Å²) in [6.07, 6.45) is 4.59. The molecule has 2 aromatic rings. The molecule has 2 heterocycles. The predicted molar refractivity (Wildman–Crippen MR) is 94.5 cm³/mol. The minimum absolute atomic E-state index is 0.132. The summed E-state index contributed by atoms with van der Waals surface area (Å²) >= 11 is 6.02. The summed E-state index contributed by atoms with van der Waals surface area (Å²) < 4.78 is 26.6. The average molecular weight is 370 g/mol. The third kappa shape index (κ3) is 3.91. The van der Waals surface area contributed by atoms with Crippen LogP contribution in [0.15, 0.2) is 30.5 Å². The first-order valence-corrected chi connectivity index (χ1v) is 10.0. The van der Waals surface area contributed by atoms with Gasteiger partial charge >= 0.3 is 0 Å². The number of aromatic nitrogens is 1. The lowest BCUT2D eigenvalue weighted by Crippen LogP contribution is -2.49. The molecule has 1 aromatic carbocycles. The number of benzene rings is 1. The summed E-state index contributed by atoms with van der Waals surface area (Å²) in [6, 6.07) is 7.35. The van der Waals surface area contributed by atoms with Gasteiger partial charge < -0.3 is 9.88 Å². The van der Waals surface area contributed by atoms with Crippen LogP contribution in [0.25, 0.3) is 10.9 Å². The number of nitrogens with zero attached hydrogens (tertiary/aromatic N) is 2. The van der Waals surface area contributed by atoms with Crippen LogP contribution in [0.2, 0.25) is 5.02 Å². The summed E-state index contributed by atoms with van der Waals surface area (Å²) in [5.41, 5.74) is 0.902. The number of nitrogens with one attached hydrogen (secondary N) is 1. The van der Waals surface area contributed by atoms with Gasteiger partial charge in [-0.25, -0.2) is 12.7 Å². The van der Waals surface area contributed by atoms with Crippen LogP contribution in [0.3, 0.4) is 0 Å². The van der Waals surface area contributed by atoms with Crippen LogP contribution in [-0.2, 0) is 21.4 Å². The van der Waals surface area contributed by atoms with E-state index in [9.17, 15) is 13.2 Å². The third-order valence-electron chi connectivity index (χ3n) is 4.27. The number of hydrogen-bond donors (Lipinski definition) is 1. The van der Waals surface area contributed by atoms with E-state index in [4.69, 9.17) is 11.6 Å². The van der Waals surface area contributed by atoms with Gasteiger partial charge in [-0.15, -0.1) is 0 Å². The number of sulfonamides is 1. The second-order valence-electron chi connectivity index (χ2n) is 6.17. The van der Waals surface area contributed by atoms with Crippen molar-refractivity contribution in [2.24, 2.45) is 0 Å². The zero-order valence-corrected chi connectivity index (χ0v) is 15.0. The van der Waals surface area contributed by atoms with E-state index in [1.807, 2.05) is 35.0 Å². The highest BCUT2D eigenvalue weighted by atomic mass is 35.5. The van der Waals surface area contributed by atoms with Crippen LogP contribution in [0, 0.1) is 0 Å². The van der Waals surface area contributed by atoms with E-state index in [1.54, 1.807) is 0 Å².